The number of hydrogen-bond donors (Lipinski definition) is 6. The second-order valence-corrected chi connectivity index (χ2v) is 4.83. The maximum atomic E-state index is 11.6. The van der Waals surface area contributed by atoms with E-state index < -0.39 is 54.3 Å². The van der Waals surface area contributed by atoms with E-state index in [1.807, 2.05) is 0 Å². The summed E-state index contributed by atoms with van der Waals surface area (Å²) in [6.45, 7) is 0. The van der Waals surface area contributed by atoms with E-state index in [-0.39, 0.29) is 0 Å². The Hall–Kier alpha value is -3.50. The predicted molar refractivity (Wildman–Crippen MR) is 77.4 cm³/mol. The number of hydrogen-bond acceptors (Lipinski definition) is 7. The average molecular weight is 341 g/mol. The first-order chi connectivity index (χ1) is 11.2. The van der Waals surface area contributed by atoms with Crippen molar-refractivity contribution >= 4 is 11.9 Å². The summed E-state index contributed by atoms with van der Waals surface area (Å²) in [6.07, 6.45) is -0.988. The highest BCUT2D eigenvalue weighted by atomic mass is 16.4. The van der Waals surface area contributed by atoms with Gasteiger partial charge in [-0.25, -0.2) is 4.79 Å². The first-order valence-corrected chi connectivity index (χ1v) is 6.67. The normalized spacial score (nSPS) is 12.0. The predicted octanol–water partition coefficient (Wildman–Crippen LogP) is -0.169. The Labute approximate surface area is 134 Å². The van der Waals surface area contributed by atoms with Crippen molar-refractivity contribution in [1.29, 1.82) is 0 Å². The third-order valence-electron chi connectivity index (χ3n) is 3.24. The molecular formula is C13H15N3O8. The van der Waals surface area contributed by atoms with E-state index in [9.17, 15) is 35.1 Å². The van der Waals surface area contributed by atoms with Crippen LogP contribution in [0.4, 0.5) is 0 Å². The highest BCUT2D eigenvalue weighted by Gasteiger charge is 2.33. The zero-order valence-electron chi connectivity index (χ0n) is 12.1. The first kappa shape index (κ1) is 16.9. The molecule has 0 saturated heterocycles. The highest BCUT2D eigenvalue weighted by Crippen LogP contribution is 2.30. The van der Waals surface area contributed by atoms with Crippen LogP contribution in [0.25, 0.3) is 0 Å². The molecule has 0 aliphatic carbocycles. The molecule has 2 aromatic rings. The molecule has 130 valence electrons. The first-order valence-electron chi connectivity index (χ1n) is 6.67. The van der Waals surface area contributed by atoms with Gasteiger partial charge in [-0.3, -0.25) is 4.79 Å². The van der Waals surface area contributed by atoms with Crippen LogP contribution in [0, 0.1) is 0 Å². The standard InChI is InChI=1S/C13H15N3O8/c17-8-2-3-9(18)14(8)16(15-10(19)4-5-11(15)20)7(13(23)24)1-6-12(21)22/h2-5,7,17-20H,1,6H2,(H,21,22)(H,23,24)/t7-/m0/s1. The number of nitrogens with zero attached hydrogens (tertiary/aromatic N) is 3. The molecule has 2 aromatic heterocycles. The molecule has 0 aliphatic rings. The van der Waals surface area contributed by atoms with Crippen molar-refractivity contribution < 1.29 is 40.2 Å². The maximum Gasteiger partial charge on any atom is 0.330 e. The lowest BCUT2D eigenvalue weighted by molar-refractivity contribution is -0.140. The van der Waals surface area contributed by atoms with Crippen LogP contribution < -0.4 is 5.12 Å². The Morgan fingerprint density at radius 3 is 1.54 bits per heavy atom. The quantitative estimate of drug-likeness (QED) is 0.400. The Kier molecular flexibility index (Phi) is 4.44. The van der Waals surface area contributed by atoms with E-state index in [1.165, 1.54) is 0 Å². The SMILES string of the molecule is O=C(O)CC[C@@H](C(=O)O)N(n1c(O)ccc1O)n1c(O)ccc1O. The van der Waals surface area contributed by atoms with Gasteiger partial charge in [0.05, 0.1) is 0 Å². The molecule has 24 heavy (non-hydrogen) atoms. The smallest absolute Gasteiger partial charge is 0.330 e. The number of carboxylic acid groups (broad SMARTS) is 2. The van der Waals surface area contributed by atoms with Crippen LogP contribution in [0.2, 0.25) is 0 Å². The molecule has 0 radical (unpaired) electrons. The van der Waals surface area contributed by atoms with Gasteiger partial charge in [-0.2, -0.15) is 14.5 Å². The van der Waals surface area contributed by atoms with Gasteiger partial charge in [0.2, 0.25) is 23.5 Å². The van der Waals surface area contributed by atoms with Crippen LogP contribution in [-0.4, -0.2) is 58.0 Å². The molecule has 2 rings (SSSR count). The van der Waals surface area contributed by atoms with Crippen LogP contribution in [0.5, 0.6) is 23.5 Å². The van der Waals surface area contributed by atoms with Crippen molar-refractivity contribution in [3.05, 3.63) is 24.3 Å². The maximum absolute atomic E-state index is 11.6. The highest BCUT2D eigenvalue weighted by molar-refractivity contribution is 5.77. The summed E-state index contributed by atoms with van der Waals surface area (Å²) in [5, 5.41) is 58.3. The summed E-state index contributed by atoms with van der Waals surface area (Å²) < 4.78 is 1.22. The van der Waals surface area contributed by atoms with E-state index in [0.717, 1.165) is 24.3 Å². The molecule has 0 aromatic carbocycles. The molecule has 0 saturated carbocycles. The van der Waals surface area contributed by atoms with Crippen molar-refractivity contribution in [3.8, 4) is 23.5 Å². The van der Waals surface area contributed by atoms with Gasteiger partial charge in [0.1, 0.15) is 0 Å². The number of aromatic hydroxyl groups is 4. The van der Waals surface area contributed by atoms with Crippen molar-refractivity contribution in [3.63, 3.8) is 0 Å². The van der Waals surface area contributed by atoms with Gasteiger partial charge in [-0.05, 0) is 6.42 Å². The molecule has 11 heteroatoms. The van der Waals surface area contributed by atoms with Crippen LogP contribution in [-0.2, 0) is 9.59 Å². The minimum Gasteiger partial charge on any atom is -0.493 e. The van der Waals surface area contributed by atoms with Gasteiger partial charge >= 0.3 is 11.9 Å². The van der Waals surface area contributed by atoms with Crippen LogP contribution in [0.15, 0.2) is 24.3 Å². The van der Waals surface area contributed by atoms with E-state index >= 15 is 0 Å². The van der Waals surface area contributed by atoms with Crippen molar-refractivity contribution in [2.45, 2.75) is 18.9 Å². The lowest BCUT2D eigenvalue weighted by Gasteiger charge is -2.33. The second-order valence-electron chi connectivity index (χ2n) is 4.83. The van der Waals surface area contributed by atoms with Crippen molar-refractivity contribution in [2.75, 3.05) is 5.12 Å². The zero-order chi connectivity index (χ0) is 18.0. The van der Waals surface area contributed by atoms with Gasteiger partial charge in [-0.1, -0.05) is 0 Å². The molecule has 1 atom stereocenters. The molecule has 0 amide bonds. The molecule has 0 aliphatic heterocycles. The summed E-state index contributed by atoms with van der Waals surface area (Å²) in [4.78, 5) is 22.4. The van der Waals surface area contributed by atoms with Crippen LogP contribution in [0.1, 0.15) is 12.8 Å². The van der Waals surface area contributed by atoms with E-state index in [0.29, 0.717) is 14.5 Å². The molecular weight excluding hydrogens is 326 g/mol. The fraction of sp³-hybridized carbons (Fsp3) is 0.231. The molecule has 11 nitrogen and oxygen atoms in total. The Morgan fingerprint density at radius 1 is 0.875 bits per heavy atom. The van der Waals surface area contributed by atoms with E-state index in [2.05, 4.69) is 0 Å². The fourth-order valence-electron chi connectivity index (χ4n) is 2.20. The Morgan fingerprint density at radius 2 is 1.25 bits per heavy atom. The van der Waals surface area contributed by atoms with Crippen molar-refractivity contribution in [2.24, 2.45) is 0 Å². The molecule has 0 spiro atoms. The summed E-state index contributed by atoms with van der Waals surface area (Å²) >= 11 is 0. The third kappa shape index (κ3) is 2.99. The van der Waals surface area contributed by atoms with Gasteiger partial charge in [0.25, 0.3) is 0 Å². The molecule has 0 unspecified atom stereocenters. The van der Waals surface area contributed by atoms with E-state index in [4.69, 9.17) is 5.11 Å². The number of aliphatic carboxylic acids is 2. The van der Waals surface area contributed by atoms with Gasteiger partial charge in [-0.15, -0.1) is 0 Å². The molecule has 6 N–H and O–H groups in total. The Bertz CT molecular complexity index is 680. The van der Waals surface area contributed by atoms with Gasteiger partial charge < -0.3 is 30.6 Å². The summed E-state index contributed by atoms with van der Waals surface area (Å²) in [5.74, 6) is -5.15. The Balaban J connectivity index is 2.61. The van der Waals surface area contributed by atoms with Gasteiger partial charge in [0.15, 0.2) is 6.04 Å². The number of carbonyl (C=O) groups is 2. The minimum absolute atomic E-state index is 0.446. The summed E-state index contributed by atoms with van der Waals surface area (Å²) in [5.41, 5.74) is 0. The van der Waals surface area contributed by atoms with Crippen LogP contribution >= 0.6 is 0 Å². The summed E-state index contributed by atoms with van der Waals surface area (Å²) in [7, 11) is 0. The zero-order valence-corrected chi connectivity index (χ0v) is 12.1. The molecule has 0 bridgehead atoms. The largest absolute Gasteiger partial charge is 0.493 e. The average Bonchev–Trinajstić information content (AvgIpc) is 2.98. The lowest BCUT2D eigenvalue weighted by atomic mass is 10.1. The number of carboxylic acids is 2. The lowest BCUT2D eigenvalue weighted by Crippen LogP contribution is -2.51. The number of aromatic nitrogens is 2. The molecule has 0 fully saturated rings. The topological polar surface area (TPSA) is 169 Å². The number of rotatable bonds is 7. The van der Waals surface area contributed by atoms with Crippen LogP contribution in [0.3, 0.4) is 0 Å². The summed E-state index contributed by atoms with van der Waals surface area (Å²) in [6, 6.07) is 2.56. The third-order valence-corrected chi connectivity index (χ3v) is 3.24. The molecule has 2 heterocycles. The van der Waals surface area contributed by atoms with Crippen molar-refractivity contribution in [1.82, 2.24) is 9.35 Å². The monoisotopic (exact) mass is 341 g/mol. The minimum atomic E-state index is -1.64. The second kappa shape index (κ2) is 6.32. The van der Waals surface area contributed by atoms with E-state index in [1.54, 1.807) is 0 Å². The van der Waals surface area contributed by atoms with Gasteiger partial charge in [0, 0.05) is 30.7 Å². The fourth-order valence-corrected chi connectivity index (χ4v) is 2.20.